The molecule has 2 N–H and O–H groups in total. The molecule has 0 radical (unpaired) electrons. The predicted octanol–water partition coefficient (Wildman–Crippen LogP) is 5.13. The molecule has 0 saturated heterocycles. The van der Waals surface area contributed by atoms with Gasteiger partial charge in [-0.1, -0.05) is 34.1 Å². The molecule has 3 aromatic rings. The van der Waals surface area contributed by atoms with Crippen LogP contribution < -0.4 is 19.7 Å². The molecular weight excluding hydrogens is 544 g/mol. The van der Waals surface area contributed by atoms with Gasteiger partial charge in [-0.15, -0.1) is 0 Å². The zero-order valence-corrected chi connectivity index (χ0v) is 22.4. The summed E-state index contributed by atoms with van der Waals surface area (Å²) in [6.07, 6.45) is -0.786. The smallest absolute Gasteiger partial charge is 0.408 e. The van der Waals surface area contributed by atoms with Gasteiger partial charge in [0.1, 0.15) is 29.6 Å². The Balaban J connectivity index is 1.82. The average Bonchev–Trinajstić information content (AvgIpc) is 2.94. The van der Waals surface area contributed by atoms with E-state index in [2.05, 4.69) is 21.2 Å². The van der Waals surface area contributed by atoms with Gasteiger partial charge >= 0.3 is 12.1 Å². The first-order chi connectivity index (χ1) is 17.5. The van der Waals surface area contributed by atoms with Crippen LogP contribution in [0.1, 0.15) is 36.7 Å². The maximum Gasteiger partial charge on any atom is 0.408 e. The van der Waals surface area contributed by atoms with Crippen molar-refractivity contribution < 1.29 is 33.7 Å². The van der Waals surface area contributed by atoms with Gasteiger partial charge < -0.3 is 29.5 Å². The number of fused-ring (bicyclic) bond motifs is 2. The monoisotopic (exact) mass is 570 g/mol. The van der Waals surface area contributed by atoms with E-state index < -0.39 is 29.6 Å². The molecule has 194 valence electrons. The number of hydrogen-bond donors (Lipinski definition) is 2. The second-order valence-electron chi connectivity index (χ2n) is 9.51. The third-order valence-electron chi connectivity index (χ3n) is 5.75. The van der Waals surface area contributed by atoms with E-state index >= 15 is 0 Å². The normalized spacial score (nSPS) is 15.4. The first-order valence-corrected chi connectivity index (χ1v) is 12.3. The van der Waals surface area contributed by atoms with Crippen LogP contribution >= 0.6 is 15.9 Å². The Bertz CT molecular complexity index is 1380. The number of ether oxygens (including phenoxy) is 3. The molecule has 1 aliphatic rings. The lowest BCUT2D eigenvalue weighted by Crippen LogP contribution is -2.51. The van der Waals surface area contributed by atoms with E-state index in [9.17, 15) is 19.5 Å². The number of aromatic carboxylic acids is 1. The molecule has 1 atom stereocenters. The molecule has 2 amide bonds. The van der Waals surface area contributed by atoms with Crippen molar-refractivity contribution in [2.24, 2.45) is 0 Å². The fraction of sp³-hybridized carbons (Fsp3) is 0.296. The van der Waals surface area contributed by atoms with Crippen molar-refractivity contribution in [3.63, 3.8) is 0 Å². The minimum Gasteiger partial charge on any atom is -0.496 e. The number of carbonyl (C=O) groups is 3. The van der Waals surface area contributed by atoms with E-state index in [1.165, 1.54) is 11.0 Å². The Labute approximate surface area is 222 Å². The van der Waals surface area contributed by atoms with Crippen LogP contribution in [0.5, 0.6) is 11.5 Å². The summed E-state index contributed by atoms with van der Waals surface area (Å²) in [6.45, 7) is 4.90. The molecule has 37 heavy (non-hydrogen) atoms. The Hall–Kier alpha value is -3.79. The zero-order valence-electron chi connectivity index (χ0n) is 20.8. The largest absolute Gasteiger partial charge is 0.496 e. The minimum atomic E-state index is -1.20. The molecule has 0 bridgehead atoms. The third kappa shape index (κ3) is 5.64. The molecule has 0 spiro atoms. The van der Waals surface area contributed by atoms with Gasteiger partial charge in [-0.2, -0.15) is 0 Å². The molecule has 1 unspecified atom stereocenters. The van der Waals surface area contributed by atoms with Crippen molar-refractivity contribution in [3.05, 3.63) is 64.1 Å². The second-order valence-corrected chi connectivity index (χ2v) is 10.4. The summed E-state index contributed by atoms with van der Waals surface area (Å²) in [5.41, 5.74) is 0.115. The number of nitrogens with zero attached hydrogens (tertiary/aromatic N) is 1. The van der Waals surface area contributed by atoms with Crippen LogP contribution in [0.15, 0.2) is 53.0 Å². The van der Waals surface area contributed by atoms with Crippen LogP contribution in [0.3, 0.4) is 0 Å². The molecule has 10 heteroatoms. The number of carbonyl (C=O) groups excluding carboxylic acids is 2. The maximum absolute atomic E-state index is 13.9. The molecule has 4 rings (SSSR count). The molecule has 1 heterocycles. The fourth-order valence-corrected chi connectivity index (χ4v) is 4.55. The first-order valence-electron chi connectivity index (χ1n) is 11.5. The average molecular weight is 571 g/mol. The summed E-state index contributed by atoms with van der Waals surface area (Å²) in [5, 5.41) is 14.1. The van der Waals surface area contributed by atoms with Crippen molar-refractivity contribution in [1.82, 2.24) is 5.32 Å². The minimum absolute atomic E-state index is 0.0346. The highest BCUT2D eigenvalue weighted by Crippen LogP contribution is 2.38. The second kappa shape index (κ2) is 10.3. The molecule has 0 saturated carbocycles. The van der Waals surface area contributed by atoms with Gasteiger partial charge in [0.05, 0.1) is 19.3 Å². The number of carboxylic acids is 1. The van der Waals surface area contributed by atoms with E-state index in [4.69, 9.17) is 14.2 Å². The molecular formula is C27H27BrN2O7. The van der Waals surface area contributed by atoms with Crippen molar-refractivity contribution in [1.29, 1.82) is 0 Å². The topological polar surface area (TPSA) is 114 Å². The lowest BCUT2D eigenvalue weighted by molar-refractivity contribution is -0.121. The number of halogens is 1. The summed E-state index contributed by atoms with van der Waals surface area (Å²) in [5.74, 6) is -1.09. The van der Waals surface area contributed by atoms with E-state index in [0.717, 1.165) is 15.2 Å². The molecule has 0 fully saturated rings. The highest BCUT2D eigenvalue weighted by Gasteiger charge is 2.36. The van der Waals surface area contributed by atoms with Crippen LogP contribution in [0.25, 0.3) is 10.8 Å². The molecule has 0 aromatic heterocycles. The van der Waals surface area contributed by atoms with Crippen LogP contribution in [-0.4, -0.2) is 48.4 Å². The number of hydrogen-bond acceptors (Lipinski definition) is 6. The van der Waals surface area contributed by atoms with E-state index in [1.807, 2.05) is 30.3 Å². The summed E-state index contributed by atoms with van der Waals surface area (Å²) < 4.78 is 17.7. The Morgan fingerprint density at radius 1 is 1.19 bits per heavy atom. The summed E-state index contributed by atoms with van der Waals surface area (Å²) >= 11 is 3.49. The van der Waals surface area contributed by atoms with Crippen LogP contribution in [0, 0.1) is 0 Å². The number of methoxy groups -OCH3 is 1. The fourth-order valence-electron chi connectivity index (χ4n) is 4.18. The zero-order chi connectivity index (χ0) is 26.9. The number of alkyl carbamates (subject to hydrolysis) is 1. The lowest BCUT2D eigenvalue weighted by atomic mass is 10.0. The van der Waals surface area contributed by atoms with Crippen LogP contribution in [0.4, 0.5) is 10.5 Å². The van der Waals surface area contributed by atoms with Crippen molar-refractivity contribution >= 4 is 50.4 Å². The van der Waals surface area contributed by atoms with Gasteiger partial charge in [0.25, 0.3) is 5.91 Å². The number of carboxylic acid groups (broad SMARTS) is 1. The van der Waals surface area contributed by atoms with Gasteiger partial charge in [-0.25, -0.2) is 9.59 Å². The van der Waals surface area contributed by atoms with E-state index in [-0.39, 0.29) is 30.2 Å². The number of benzene rings is 3. The third-order valence-corrected chi connectivity index (χ3v) is 6.24. The number of nitrogens with one attached hydrogen (secondary N) is 1. The van der Waals surface area contributed by atoms with Crippen LogP contribution in [-0.2, 0) is 16.1 Å². The van der Waals surface area contributed by atoms with Crippen molar-refractivity contribution in [2.75, 3.05) is 18.6 Å². The highest BCUT2D eigenvalue weighted by molar-refractivity contribution is 9.10. The summed E-state index contributed by atoms with van der Waals surface area (Å²) in [4.78, 5) is 39.8. The highest BCUT2D eigenvalue weighted by atomic mass is 79.9. The van der Waals surface area contributed by atoms with Gasteiger partial charge in [0.2, 0.25) is 0 Å². The van der Waals surface area contributed by atoms with Gasteiger partial charge in [-0.05, 0) is 61.9 Å². The standard InChI is InChI=1S/C27H27BrN2O7/c1-27(2,3)37-26(34)29-20-14-36-23-18(25(32)33)6-5-7-21(23)30(24(20)31)13-19-17-10-9-16(28)12-15(17)8-11-22(19)35-4/h5-12,20H,13-14H2,1-4H3,(H,29,34)(H,32,33). The molecule has 9 nitrogen and oxygen atoms in total. The van der Waals surface area contributed by atoms with E-state index in [0.29, 0.717) is 11.3 Å². The van der Waals surface area contributed by atoms with Gasteiger partial charge in [-0.3, -0.25) is 4.79 Å². The first kappa shape index (κ1) is 26.3. The number of rotatable bonds is 5. The van der Waals surface area contributed by atoms with E-state index in [1.54, 1.807) is 40.0 Å². The Morgan fingerprint density at radius 3 is 2.62 bits per heavy atom. The maximum atomic E-state index is 13.9. The number of anilines is 1. The Kier molecular flexibility index (Phi) is 7.31. The van der Waals surface area contributed by atoms with Gasteiger partial charge in [0.15, 0.2) is 5.75 Å². The SMILES string of the molecule is COc1ccc2cc(Br)ccc2c1CN1C(=O)C(NC(=O)OC(C)(C)C)COc2c(C(=O)O)cccc21. The predicted molar refractivity (Wildman–Crippen MR) is 141 cm³/mol. The number of amides is 2. The summed E-state index contributed by atoms with van der Waals surface area (Å²) in [7, 11) is 1.54. The lowest BCUT2D eigenvalue weighted by Gasteiger charge is -2.27. The van der Waals surface area contributed by atoms with Gasteiger partial charge in [0, 0.05) is 10.0 Å². The molecule has 0 aliphatic carbocycles. The molecule has 3 aromatic carbocycles. The molecule has 1 aliphatic heterocycles. The Morgan fingerprint density at radius 2 is 1.95 bits per heavy atom. The summed E-state index contributed by atoms with van der Waals surface area (Å²) in [6, 6.07) is 12.9. The van der Waals surface area contributed by atoms with Crippen molar-refractivity contribution in [2.45, 2.75) is 39.0 Å². The number of para-hydroxylation sites is 1. The van der Waals surface area contributed by atoms with Crippen LogP contribution in [0.2, 0.25) is 0 Å². The van der Waals surface area contributed by atoms with Crippen molar-refractivity contribution in [3.8, 4) is 11.5 Å². The quantitative estimate of drug-likeness (QED) is 0.437.